The van der Waals surface area contributed by atoms with E-state index in [-0.39, 0.29) is 18.4 Å². The van der Waals surface area contributed by atoms with Gasteiger partial charge in [0.05, 0.1) is 13.2 Å². The van der Waals surface area contributed by atoms with Crippen molar-refractivity contribution in [2.45, 2.75) is 32.7 Å². The normalized spacial score (nSPS) is 11.8. The molecule has 5 nitrogen and oxygen atoms in total. The van der Waals surface area contributed by atoms with Crippen LogP contribution in [-0.4, -0.2) is 31.2 Å². The Morgan fingerprint density at radius 2 is 1.71 bits per heavy atom. The molecule has 0 fully saturated rings. The molecule has 24 heavy (non-hydrogen) atoms. The Kier molecular flexibility index (Phi) is 6.61. The van der Waals surface area contributed by atoms with Crippen molar-refractivity contribution in [3.63, 3.8) is 0 Å². The van der Waals surface area contributed by atoms with Gasteiger partial charge in [-0.15, -0.1) is 0 Å². The summed E-state index contributed by atoms with van der Waals surface area (Å²) in [6.07, 6.45) is 0.488. The summed E-state index contributed by atoms with van der Waals surface area (Å²) in [4.78, 5) is 23.7. The Hall–Kier alpha value is -2.56. The summed E-state index contributed by atoms with van der Waals surface area (Å²) >= 11 is 0. The van der Waals surface area contributed by atoms with E-state index in [1.54, 1.807) is 13.8 Å². The second-order valence-electron chi connectivity index (χ2n) is 5.35. The lowest BCUT2D eigenvalue weighted by Crippen LogP contribution is -2.32. The van der Waals surface area contributed by atoms with E-state index < -0.39 is 6.04 Å². The van der Waals surface area contributed by atoms with Crippen LogP contribution in [0.2, 0.25) is 0 Å². The van der Waals surface area contributed by atoms with Crippen LogP contribution in [0.5, 0.6) is 0 Å². The van der Waals surface area contributed by atoms with Gasteiger partial charge in [-0.2, -0.15) is 0 Å². The fraction of sp³-hybridized carbons (Fsp3) is 0.368. The fourth-order valence-electron chi connectivity index (χ4n) is 2.47. The highest BCUT2D eigenvalue weighted by Gasteiger charge is 2.21. The first kappa shape index (κ1) is 17.8. The topological polar surface area (TPSA) is 64.6 Å². The molecule has 2 aromatic carbocycles. The molecular formula is C19H23NO4. The minimum absolute atomic E-state index is 0.165. The van der Waals surface area contributed by atoms with E-state index in [1.165, 1.54) is 0 Å². The number of hydrogen-bond acceptors (Lipinski definition) is 5. The zero-order chi connectivity index (χ0) is 17.4. The predicted octanol–water partition coefficient (Wildman–Crippen LogP) is 3.53. The van der Waals surface area contributed by atoms with Crippen molar-refractivity contribution in [2.75, 3.05) is 18.5 Å². The Balaban J connectivity index is 2.10. The van der Waals surface area contributed by atoms with Gasteiger partial charge in [0.15, 0.2) is 0 Å². The summed E-state index contributed by atoms with van der Waals surface area (Å²) in [7, 11) is 0. The Labute approximate surface area is 141 Å². The summed E-state index contributed by atoms with van der Waals surface area (Å²) in [5.41, 5.74) is 0.815. The Bertz CT molecular complexity index is 699. The molecule has 0 unspecified atom stereocenters. The maximum absolute atomic E-state index is 12.1. The van der Waals surface area contributed by atoms with Crippen LogP contribution in [0.1, 0.15) is 26.7 Å². The van der Waals surface area contributed by atoms with Crippen LogP contribution in [-0.2, 0) is 19.1 Å². The highest BCUT2D eigenvalue weighted by atomic mass is 16.5. The van der Waals surface area contributed by atoms with E-state index in [9.17, 15) is 9.59 Å². The standard InChI is InChI=1S/C19H23NO4/c1-3-23-18(21)12-11-17(19(22)24-4-2)20-16-10-9-14-7-5-6-8-15(14)13-16/h5-10,13,17,20H,3-4,11-12H2,1-2H3/t17-/m0/s1. The minimum Gasteiger partial charge on any atom is -0.466 e. The van der Waals surface area contributed by atoms with Crippen molar-refractivity contribution < 1.29 is 19.1 Å². The van der Waals surface area contributed by atoms with Gasteiger partial charge in [0.25, 0.3) is 0 Å². The third-order valence-corrected chi connectivity index (χ3v) is 3.60. The summed E-state index contributed by atoms with van der Waals surface area (Å²) in [5, 5.41) is 5.38. The van der Waals surface area contributed by atoms with Gasteiger partial charge >= 0.3 is 11.9 Å². The first-order valence-corrected chi connectivity index (χ1v) is 8.21. The number of fused-ring (bicyclic) bond motifs is 1. The Morgan fingerprint density at radius 1 is 1.00 bits per heavy atom. The van der Waals surface area contributed by atoms with E-state index in [2.05, 4.69) is 5.32 Å². The first-order valence-electron chi connectivity index (χ1n) is 8.21. The first-order chi connectivity index (χ1) is 11.6. The average molecular weight is 329 g/mol. The molecule has 0 aliphatic rings. The second kappa shape index (κ2) is 8.91. The highest BCUT2D eigenvalue weighted by molar-refractivity contribution is 5.87. The van der Waals surface area contributed by atoms with Crippen LogP contribution in [0.3, 0.4) is 0 Å². The van der Waals surface area contributed by atoms with Crippen molar-refractivity contribution in [3.8, 4) is 0 Å². The number of ether oxygens (including phenoxy) is 2. The SMILES string of the molecule is CCOC(=O)CC[C@H](Nc1ccc2ccccc2c1)C(=O)OCC. The van der Waals surface area contributed by atoms with Crippen molar-refractivity contribution in [1.82, 2.24) is 0 Å². The van der Waals surface area contributed by atoms with Crippen LogP contribution in [0.15, 0.2) is 42.5 Å². The van der Waals surface area contributed by atoms with E-state index >= 15 is 0 Å². The molecule has 2 rings (SSSR count). The molecule has 0 aliphatic carbocycles. The summed E-state index contributed by atoms with van der Waals surface area (Å²) in [6.45, 7) is 4.15. The number of carbonyl (C=O) groups excluding carboxylic acids is 2. The summed E-state index contributed by atoms with van der Waals surface area (Å²) < 4.78 is 10.0. The molecule has 0 saturated heterocycles. The predicted molar refractivity (Wildman–Crippen MR) is 93.9 cm³/mol. The highest BCUT2D eigenvalue weighted by Crippen LogP contribution is 2.20. The molecule has 0 amide bonds. The minimum atomic E-state index is -0.587. The quantitative estimate of drug-likeness (QED) is 0.751. The van der Waals surface area contributed by atoms with E-state index in [0.717, 1.165) is 16.5 Å². The molecule has 128 valence electrons. The van der Waals surface area contributed by atoms with Gasteiger partial charge in [-0.25, -0.2) is 4.79 Å². The Morgan fingerprint density at radius 3 is 2.42 bits per heavy atom. The van der Waals surface area contributed by atoms with Crippen LogP contribution < -0.4 is 5.32 Å². The molecule has 0 heterocycles. The number of benzene rings is 2. The maximum atomic E-state index is 12.1. The van der Waals surface area contributed by atoms with E-state index in [4.69, 9.17) is 9.47 Å². The zero-order valence-corrected chi connectivity index (χ0v) is 14.1. The van der Waals surface area contributed by atoms with Gasteiger partial charge < -0.3 is 14.8 Å². The molecule has 0 radical (unpaired) electrons. The van der Waals surface area contributed by atoms with Crippen molar-refractivity contribution in [3.05, 3.63) is 42.5 Å². The van der Waals surface area contributed by atoms with Crippen LogP contribution in [0, 0.1) is 0 Å². The van der Waals surface area contributed by atoms with Crippen LogP contribution in [0.4, 0.5) is 5.69 Å². The second-order valence-corrected chi connectivity index (χ2v) is 5.35. The maximum Gasteiger partial charge on any atom is 0.328 e. The van der Waals surface area contributed by atoms with Crippen molar-refractivity contribution >= 4 is 28.4 Å². The molecule has 0 spiro atoms. The lowest BCUT2D eigenvalue weighted by Gasteiger charge is -2.18. The molecule has 2 aromatic rings. The molecule has 1 atom stereocenters. The smallest absolute Gasteiger partial charge is 0.328 e. The van der Waals surface area contributed by atoms with Gasteiger partial charge in [-0.1, -0.05) is 30.3 Å². The molecule has 0 aliphatic heterocycles. The lowest BCUT2D eigenvalue weighted by atomic mass is 10.1. The molecular weight excluding hydrogens is 306 g/mol. The average Bonchev–Trinajstić information content (AvgIpc) is 2.59. The molecule has 1 N–H and O–H groups in total. The largest absolute Gasteiger partial charge is 0.466 e. The van der Waals surface area contributed by atoms with Gasteiger partial charge in [0, 0.05) is 12.1 Å². The summed E-state index contributed by atoms with van der Waals surface area (Å²) in [6, 6.07) is 13.3. The molecule has 0 saturated carbocycles. The number of rotatable bonds is 8. The zero-order valence-electron chi connectivity index (χ0n) is 14.1. The third kappa shape index (κ3) is 4.98. The number of anilines is 1. The number of hydrogen-bond donors (Lipinski definition) is 1. The number of carbonyl (C=O) groups is 2. The number of esters is 2. The van der Waals surface area contributed by atoms with Gasteiger partial charge in [0.2, 0.25) is 0 Å². The molecule has 5 heteroatoms. The van der Waals surface area contributed by atoms with Crippen molar-refractivity contribution in [2.24, 2.45) is 0 Å². The summed E-state index contributed by atoms with van der Waals surface area (Å²) in [5.74, 6) is -0.679. The monoisotopic (exact) mass is 329 g/mol. The van der Waals surface area contributed by atoms with Crippen molar-refractivity contribution in [1.29, 1.82) is 0 Å². The van der Waals surface area contributed by atoms with E-state index in [0.29, 0.717) is 19.6 Å². The van der Waals surface area contributed by atoms with Gasteiger partial charge in [0.1, 0.15) is 6.04 Å². The van der Waals surface area contributed by atoms with E-state index in [1.807, 2.05) is 42.5 Å². The molecule has 0 bridgehead atoms. The molecule has 0 aromatic heterocycles. The van der Waals surface area contributed by atoms with Gasteiger partial charge in [-0.05, 0) is 43.2 Å². The number of nitrogens with one attached hydrogen (secondary N) is 1. The third-order valence-electron chi connectivity index (χ3n) is 3.60. The van der Waals surface area contributed by atoms with Crippen LogP contribution >= 0.6 is 0 Å². The van der Waals surface area contributed by atoms with Gasteiger partial charge in [-0.3, -0.25) is 4.79 Å². The van der Waals surface area contributed by atoms with Crippen LogP contribution in [0.25, 0.3) is 10.8 Å². The fourth-order valence-corrected chi connectivity index (χ4v) is 2.47. The lowest BCUT2D eigenvalue weighted by molar-refractivity contribution is -0.145.